The van der Waals surface area contributed by atoms with Crippen molar-refractivity contribution in [1.29, 1.82) is 0 Å². The number of nitrogens with zero attached hydrogens (tertiary/aromatic N) is 5. The minimum Gasteiger partial charge on any atom is -0.489 e. The monoisotopic (exact) mass is 419 g/mol. The number of rotatable bonds is 5. The molecule has 0 atom stereocenters. The van der Waals surface area contributed by atoms with Gasteiger partial charge in [-0.1, -0.05) is 0 Å². The molecule has 4 aromatic rings. The zero-order valence-corrected chi connectivity index (χ0v) is 17.6. The van der Waals surface area contributed by atoms with Gasteiger partial charge in [0.05, 0.1) is 23.9 Å². The Morgan fingerprint density at radius 2 is 2.03 bits per heavy atom. The highest BCUT2D eigenvalue weighted by atomic mass is 16.5. The van der Waals surface area contributed by atoms with Gasteiger partial charge in [-0.2, -0.15) is 10.2 Å². The number of hydrogen-bond donors (Lipinski definition) is 2. The lowest BCUT2D eigenvalue weighted by atomic mass is 9.93. The SMILES string of the molecule is CNc1cc2c(cn1)c(-c1cnn(C)c1)nn2C1CCC(Oc2ccc(=O)[nH]c2)CC1. The summed E-state index contributed by atoms with van der Waals surface area (Å²) in [6, 6.07) is 5.56. The topological polar surface area (TPSA) is 103 Å². The molecule has 2 N–H and O–H groups in total. The van der Waals surface area contributed by atoms with E-state index in [1.54, 1.807) is 16.9 Å². The Labute approximate surface area is 179 Å². The van der Waals surface area contributed by atoms with Crippen LogP contribution >= 0.6 is 0 Å². The van der Waals surface area contributed by atoms with E-state index in [1.165, 1.54) is 6.07 Å². The number of H-pyrrole nitrogens is 1. The van der Waals surface area contributed by atoms with Crippen molar-refractivity contribution in [1.82, 2.24) is 29.5 Å². The van der Waals surface area contributed by atoms with Crippen LogP contribution in [0.2, 0.25) is 0 Å². The first-order valence-corrected chi connectivity index (χ1v) is 10.5. The number of aromatic amines is 1. The third-order valence-corrected chi connectivity index (χ3v) is 5.87. The maximum atomic E-state index is 11.2. The highest BCUT2D eigenvalue weighted by Gasteiger charge is 2.27. The highest BCUT2D eigenvalue weighted by Crippen LogP contribution is 2.36. The van der Waals surface area contributed by atoms with Crippen molar-refractivity contribution in [3.05, 3.63) is 53.3 Å². The van der Waals surface area contributed by atoms with Crippen molar-refractivity contribution in [2.75, 3.05) is 12.4 Å². The molecule has 4 aromatic heterocycles. The van der Waals surface area contributed by atoms with Crippen molar-refractivity contribution in [3.8, 4) is 17.0 Å². The molecule has 0 radical (unpaired) electrons. The van der Waals surface area contributed by atoms with E-state index in [-0.39, 0.29) is 17.7 Å². The lowest BCUT2D eigenvalue weighted by Gasteiger charge is -2.29. The van der Waals surface area contributed by atoms with Crippen molar-refractivity contribution in [3.63, 3.8) is 0 Å². The number of nitrogens with one attached hydrogen (secondary N) is 2. The number of ether oxygens (including phenoxy) is 1. The molecule has 1 saturated carbocycles. The Balaban J connectivity index is 1.41. The third-order valence-electron chi connectivity index (χ3n) is 5.87. The summed E-state index contributed by atoms with van der Waals surface area (Å²) in [4.78, 5) is 18.4. The van der Waals surface area contributed by atoms with Gasteiger partial charge in [0.2, 0.25) is 5.56 Å². The summed E-state index contributed by atoms with van der Waals surface area (Å²) in [6.07, 6.45) is 11.3. The molecule has 1 fully saturated rings. The molecule has 0 aromatic carbocycles. The largest absolute Gasteiger partial charge is 0.489 e. The van der Waals surface area contributed by atoms with E-state index in [2.05, 4.69) is 31.1 Å². The Bertz CT molecular complexity index is 1240. The molecule has 9 heteroatoms. The zero-order valence-electron chi connectivity index (χ0n) is 17.6. The van der Waals surface area contributed by atoms with Crippen molar-refractivity contribution < 1.29 is 4.74 Å². The lowest BCUT2D eigenvalue weighted by Crippen LogP contribution is -2.26. The summed E-state index contributed by atoms with van der Waals surface area (Å²) < 4.78 is 10.0. The van der Waals surface area contributed by atoms with Crippen molar-refractivity contribution in [2.45, 2.75) is 37.8 Å². The number of aryl methyl sites for hydroxylation is 1. The Hall–Kier alpha value is -3.62. The first-order valence-electron chi connectivity index (χ1n) is 10.5. The molecule has 0 bridgehead atoms. The van der Waals surface area contributed by atoms with Crippen LogP contribution in [0, 0.1) is 0 Å². The fraction of sp³-hybridized carbons (Fsp3) is 0.364. The van der Waals surface area contributed by atoms with E-state index in [9.17, 15) is 4.79 Å². The molecular weight excluding hydrogens is 394 g/mol. The van der Waals surface area contributed by atoms with Crippen molar-refractivity contribution >= 4 is 16.7 Å². The molecule has 9 nitrogen and oxygen atoms in total. The van der Waals surface area contributed by atoms with Crippen LogP contribution in [0.25, 0.3) is 22.2 Å². The fourth-order valence-corrected chi connectivity index (χ4v) is 4.27. The molecule has 4 heterocycles. The summed E-state index contributed by atoms with van der Waals surface area (Å²) in [5, 5.41) is 13.5. The van der Waals surface area contributed by atoms with Gasteiger partial charge in [0.15, 0.2) is 0 Å². The first-order chi connectivity index (χ1) is 15.1. The number of fused-ring (bicyclic) bond motifs is 1. The second kappa shape index (κ2) is 7.90. The highest BCUT2D eigenvalue weighted by molar-refractivity contribution is 5.93. The Morgan fingerprint density at radius 3 is 2.71 bits per heavy atom. The first kappa shape index (κ1) is 19.3. The quantitative estimate of drug-likeness (QED) is 0.515. The predicted octanol–water partition coefficient (Wildman–Crippen LogP) is 3.12. The minimum absolute atomic E-state index is 0.124. The van der Waals surface area contributed by atoms with Gasteiger partial charge in [-0.05, 0) is 31.7 Å². The molecule has 0 aliphatic heterocycles. The van der Waals surface area contributed by atoms with Crippen LogP contribution in [0.5, 0.6) is 5.75 Å². The summed E-state index contributed by atoms with van der Waals surface area (Å²) in [5.41, 5.74) is 2.84. The van der Waals surface area contributed by atoms with E-state index in [0.717, 1.165) is 53.7 Å². The predicted molar refractivity (Wildman–Crippen MR) is 118 cm³/mol. The van der Waals surface area contributed by atoms with E-state index in [4.69, 9.17) is 9.84 Å². The molecule has 0 spiro atoms. The van der Waals surface area contributed by atoms with Gasteiger partial charge >= 0.3 is 0 Å². The molecule has 1 aliphatic rings. The molecule has 5 rings (SSSR count). The van der Waals surface area contributed by atoms with E-state index in [1.807, 2.05) is 32.7 Å². The van der Waals surface area contributed by atoms with Gasteiger partial charge < -0.3 is 15.0 Å². The molecule has 31 heavy (non-hydrogen) atoms. The van der Waals surface area contributed by atoms with Gasteiger partial charge in [-0.15, -0.1) is 0 Å². The third kappa shape index (κ3) is 3.78. The summed E-state index contributed by atoms with van der Waals surface area (Å²) in [7, 11) is 3.78. The Morgan fingerprint density at radius 1 is 1.19 bits per heavy atom. The lowest BCUT2D eigenvalue weighted by molar-refractivity contribution is 0.130. The van der Waals surface area contributed by atoms with Gasteiger partial charge in [0, 0.05) is 55.8 Å². The van der Waals surface area contributed by atoms with Gasteiger partial charge in [0.25, 0.3) is 0 Å². The van der Waals surface area contributed by atoms with Gasteiger partial charge in [-0.25, -0.2) is 4.98 Å². The average Bonchev–Trinajstić information content (AvgIpc) is 3.39. The van der Waals surface area contributed by atoms with Crippen LogP contribution < -0.4 is 15.6 Å². The van der Waals surface area contributed by atoms with Gasteiger partial charge in [-0.3, -0.25) is 14.2 Å². The molecule has 1 aliphatic carbocycles. The van der Waals surface area contributed by atoms with E-state index in [0.29, 0.717) is 5.75 Å². The zero-order chi connectivity index (χ0) is 21.4. The van der Waals surface area contributed by atoms with Gasteiger partial charge in [0.1, 0.15) is 17.3 Å². The molecule has 0 amide bonds. The molecule has 0 saturated heterocycles. The van der Waals surface area contributed by atoms with Crippen LogP contribution in [0.4, 0.5) is 5.82 Å². The summed E-state index contributed by atoms with van der Waals surface area (Å²) >= 11 is 0. The molecular formula is C22H25N7O2. The van der Waals surface area contributed by atoms with Crippen LogP contribution in [0.15, 0.2) is 47.8 Å². The van der Waals surface area contributed by atoms with Crippen LogP contribution in [0.1, 0.15) is 31.7 Å². The number of aromatic nitrogens is 6. The second-order valence-electron chi connectivity index (χ2n) is 7.97. The van der Waals surface area contributed by atoms with E-state index >= 15 is 0 Å². The second-order valence-corrected chi connectivity index (χ2v) is 7.97. The number of anilines is 1. The maximum absolute atomic E-state index is 11.2. The number of hydrogen-bond acceptors (Lipinski definition) is 6. The summed E-state index contributed by atoms with van der Waals surface area (Å²) in [5.74, 6) is 1.53. The van der Waals surface area contributed by atoms with E-state index < -0.39 is 0 Å². The molecule has 160 valence electrons. The minimum atomic E-state index is -0.124. The fourth-order valence-electron chi connectivity index (χ4n) is 4.27. The summed E-state index contributed by atoms with van der Waals surface area (Å²) in [6.45, 7) is 0. The van der Waals surface area contributed by atoms with Crippen molar-refractivity contribution in [2.24, 2.45) is 7.05 Å². The maximum Gasteiger partial charge on any atom is 0.248 e. The normalized spacial score (nSPS) is 18.9. The average molecular weight is 419 g/mol. The van der Waals surface area contributed by atoms with Crippen LogP contribution in [-0.2, 0) is 7.05 Å². The van der Waals surface area contributed by atoms with Crippen LogP contribution in [0.3, 0.4) is 0 Å². The Kier molecular flexibility index (Phi) is 4.93. The molecule has 0 unspecified atom stereocenters. The standard InChI is InChI=1S/C22H25N7O2/c1-23-20-9-19-18(12-24-20)22(14-10-26-28(2)13-14)27-29(19)15-3-5-16(6-4-15)31-17-7-8-21(30)25-11-17/h7-13,15-16H,3-6H2,1-2H3,(H,23,24)(H,25,30). The smallest absolute Gasteiger partial charge is 0.248 e. The number of pyridine rings is 2. The van der Waals surface area contributed by atoms with Crippen LogP contribution in [-0.4, -0.2) is 42.7 Å².